The predicted molar refractivity (Wildman–Crippen MR) is 98.1 cm³/mol. The smallest absolute Gasteiger partial charge is 0.308 e. The number of nitrogen functional groups attached to an aromatic ring is 1. The van der Waals surface area contributed by atoms with Crippen LogP contribution in [0.2, 0.25) is 0 Å². The van der Waals surface area contributed by atoms with Crippen LogP contribution in [0.5, 0.6) is 11.5 Å². The van der Waals surface area contributed by atoms with Crippen LogP contribution < -0.4 is 15.2 Å². The molecule has 1 radical (unpaired) electrons. The molecule has 0 amide bonds. The maximum absolute atomic E-state index is 12.3. The summed E-state index contributed by atoms with van der Waals surface area (Å²) < 4.78 is 9.87. The van der Waals surface area contributed by atoms with Gasteiger partial charge in [-0.05, 0) is 18.2 Å². The molecule has 1 aromatic heterocycles. The number of esters is 2. The number of carbonyl (C=O) groups excluding carboxylic acids is 4. The fourth-order valence-corrected chi connectivity index (χ4v) is 2.46. The van der Waals surface area contributed by atoms with E-state index in [4.69, 9.17) is 20.0 Å². The molecule has 0 atom stereocenters. The molecule has 0 fully saturated rings. The molecule has 1 heterocycles. The molecule has 0 aliphatic carbocycles. The SMILES string of the molecule is CC(=O)Oc1ccc(C(=O)CO/N=C(/[C]=O)c2csc(N)n2)cc1OC(C)=O. The molecule has 1 aromatic carbocycles. The lowest BCUT2D eigenvalue weighted by molar-refractivity contribution is -0.134. The predicted octanol–water partition coefficient (Wildman–Crippen LogP) is 1.29. The molecule has 0 aliphatic heterocycles. The Hall–Kier alpha value is -3.60. The van der Waals surface area contributed by atoms with Crippen LogP contribution in [0.1, 0.15) is 29.9 Å². The van der Waals surface area contributed by atoms with E-state index in [1.54, 1.807) is 6.29 Å². The summed E-state index contributed by atoms with van der Waals surface area (Å²) in [4.78, 5) is 54.3. The molecule has 28 heavy (non-hydrogen) atoms. The third-order valence-electron chi connectivity index (χ3n) is 2.99. The van der Waals surface area contributed by atoms with Crippen molar-refractivity contribution in [3.63, 3.8) is 0 Å². The van der Waals surface area contributed by atoms with Gasteiger partial charge in [0.05, 0.1) is 0 Å². The van der Waals surface area contributed by atoms with Crippen molar-refractivity contribution in [1.82, 2.24) is 4.98 Å². The number of aromatic nitrogens is 1. The Balaban J connectivity index is 2.12. The van der Waals surface area contributed by atoms with E-state index in [9.17, 15) is 19.2 Å². The van der Waals surface area contributed by atoms with Crippen molar-refractivity contribution in [3.05, 3.63) is 34.8 Å². The molecular formula is C17H14N3O7S. The topological polar surface area (TPSA) is 147 Å². The summed E-state index contributed by atoms with van der Waals surface area (Å²) >= 11 is 1.10. The first-order chi connectivity index (χ1) is 13.3. The van der Waals surface area contributed by atoms with Gasteiger partial charge in [-0.1, -0.05) is 5.16 Å². The Kier molecular flexibility index (Phi) is 6.93. The number of thiazole rings is 1. The van der Waals surface area contributed by atoms with Gasteiger partial charge in [0.1, 0.15) is 5.69 Å². The van der Waals surface area contributed by atoms with Gasteiger partial charge in [0.15, 0.2) is 28.9 Å². The van der Waals surface area contributed by atoms with Crippen LogP contribution in [0.4, 0.5) is 5.13 Å². The molecule has 0 unspecified atom stereocenters. The van der Waals surface area contributed by atoms with Crippen LogP contribution in [0.25, 0.3) is 0 Å². The van der Waals surface area contributed by atoms with Gasteiger partial charge in [0.25, 0.3) is 6.29 Å². The minimum Gasteiger partial charge on any atom is -0.423 e. The standard InChI is InChI=1S/C17H14N3O7S/c1-9(22)26-15-4-3-11(5-16(15)27-10(2)23)14(24)7-25-20-12(6-21)13-8-28-17(18)19-13/h3-5,8H,7H2,1-2H3,(H2,18,19)/b20-12-. The van der Waals surface area contributed by atoms with Crippen LogP contribution >= 0.6 is 11.3 Å². The summed E-state index contributed by atoms with van der Waals surface area (Å²) in [5, 5.41) is 5.25. The Labute approximate surface area is 162 Å². The number of ether oxygens (including phenoxy) is 2. The van der Waals surface area contributed by atoms with Crippen molar-refractivity contribution in [3.8, 4) is 11.5 Å². The summed E-state index contributed by atoms with van der Waals surface area (Å²) in [6.07, 6.45) is 1.55. The van der Waals surface area contributed by atoms with Crippen LogP contribution in [0.15, 0.2) is 28.7 Å². The summed E-state index contributed by atoms with van der Waals surface area (Å²) in [5.74, 6) is -1.93. The van der Waals surface area contributed by atoms with Crippen molar-refractivity contribution >= 4 is 46.2 Å². The minimum absolute atomic E-state index is 0.0165. The van der Waals surface area contributed by atoms with Gasteiger partial charge in [0, 0.05) is 24.8 Å². The van der Waals surface area contributed by atoms with Gasteiger partial charge in [-0.3, -0.25) is 19.2 Å². The Morgan fingerprint density at radius 2 is 1.86 bits per heavy atom. The Morgan fingerprint density at radius 3 is 2.43 bits per heavy atom. The van der Waals surface area contributed by atoms with Crippen LogP contribution in [0.3, 0.4) is 0 Å². The second-order valence-electron chi connectivity index (χ2n) is 5.16. The number of hydrogen-bond donors (Lipinski definition) is 1. The van der Waals surface area contributed by atoms with Gasteiger partial charge >= 0.3 is 11.9 Å². The molecule has 10 nitrogen and oxygen atoms in total. The van der Waals surface area contributed by atoms with E-state index in [1.165, 1.54) is 30.5 Å². The van der Waals surface area contributed by atoms with E-state index in [0.29, 0.717) is 0 Å². The summed E-state index contributed by atoms with van der Waals surface area (Å²) in [5.41, 5.74) is 5.51. The zero-order valence-electron chi connectivity index (χ0n) is 14.8. The molecule has 2 rings (SSSR count). The average molecular weight is 404 g/mol. The van der Waals surface area contributed by atoms with E-state index >= 15 is 0 Å². The van der Waals surface area contributed by atoms with Gasteiger partial charge < -0.3 is 20.0 Å². The fourth-order valence-electron chi connectivity index (χ4n) is 1.91. The Morgan fingerprint density at radius 1 is 1.18 bits per heavy atom. The van der Waals surface area contributed by atoms with E-state index in [0.717, 1.165) is 18.3 Å². The lowest BCUT2D eigenvalue weighted by Gasteiger charge is -2.10. The number of anilines is 1. The summed E-state index contributed by atoms with van der Waals surface area (Å²) in [7, 11) is 0. The van der Waals surface area contributed by atoms with Crippen molar-refractivity contribution in [2.24, 2.45) is 5.16 Å². The number of oxime groups is 1. The molecule has 11 heteroatoms. The van der Waals surface area contributed by atoms with Crippen LogP contribution in [-0.4, -0.2) is 41.3 Å². The van der Waals surface area contributed by atoms with Gasteiger partial charge in [-0.25, -0.2) is 4.98 Å². The van der Waals surface area contributed by atoms with Crippen LogP contribution in [-0.2, 0) is 19.2 Å². The van der Waals surface area contributed by atoms with Crippen LogP contribution in [0, 0.1) is 0 Å². The van der Waals surface area contributed by atoms with Crippen molar-refractivity contribution in [1.29, 1.82) is 0 Å². The first kappa shape index (κ1) is 20.7. The number of nitrogens with zero attached hydrogens (tertiary/aromatic N) is 2. The largest absolute Gasteiger partial charge is 0.423 e. The highest BCUT2D eigenvalue weighted by molar-refractivity contribution is 7.13. The minimum atomic E-state index is -0.660. The van der Waals surface area contributed by atoms with E-state index in [1.807, 2.05) is 0 Å². The molecule has 145 valence electrons. The Bertz CT molecular complexity index is 952. The highest BCUT2D eigenvalue weighted by atomic mass is 32.1. The molecule has 0 saturated carbocycles. The lowest BCUT2D eigenvalue weighted by atomic mass is 10.1. The van der Waals surface area contributed by atoms with Gasteiger partial charge in [-0.15, -0.1) is 11.3 Å². The van der Waals surface area contributed by atoms with Crippen molar-refractivity contribution in [2.45, 2.75) is 13.8 Å². The number of nitrogens with two attached hydrogens (primary N) is 1. The molecule has 2 aromatic rings. The molecule has 0 saturated heterocycles. The number of benzene rings is 1. The number of rotatable bonds is 8. The third kappa shape index (κ3) is 5.71. The first-order valence-electron chi connectivity index (χ1n) is 7.63. The number of carbonyl (C=O) groups is 3. The summed E-state index contributed by atoms with van der Waals surface area (Å²) in [6, 6.07) is 3.89. The molecule has 0 spiro atoms. The van der Waals surface area contributed by atoms with E-state index < -0.39 is 24.3 Å². The maximum atomic E-state index is 12.3. The highest BCUT2D eigenvalue weighted by Crippen LogP contribution is 2.29. The number of ketones is 1. The average Bonchev–Trinajstić information content (AvgIpc) is 3.05. The van der Waals surface area contributed by atoms with E-state index in [2.05, 4.69) is 10.1 Å². The van der Waals surface area contributed by atoms with E-state index in [-0.39, 0.29) is 33.6 Å². The fraction of sp³-hybridized carbons (Fsp3) is 0.176. The molecule has 0 bridgehead atoms. The normalized spacial score (nSPS) is 10.9. The number of Topliss-reactive ketones (excluding diaryl/α,β-unsaturated/α-hetero) is 1. The zero-order chi connectivity index (χ0) is 20.7. The zero-order valence-corrected chi connectivity index (χ0v) is 15.6. The monoisotopic (exact) mass is 404 g/mol. The third-order valence-corrected chi connectivity index (χ3v) is 3.66. The lowest BCUT2D eigenvalue weighted by Crippen LogP contribution is -2.12. The van der Waals surface area contributed by atoms with Crippen molar-refractivity contribution in [2.75, 3.05) is 12.3 Å². The van der Waals surface area contributed by atoms with Crippen molar-refractivity contribution < 1.29 is 33.5 Å². The first-order valence-corrected chi connectivity index (χ1v) is 8.51. The van der Waals surface area contributed by atoms with Gasteiger partial charge in [0.2, 0.25) is 5.78 Å². The highest BCUT2D eigenvalue weighted by Gasteiger charge is 2.16. The molecule has 0 aliphatic rings. The summed E-state index contributed by atoms with van der Waals surface area (Å²) in [6.45, 7) is 1.82. The maximum Gasteiger partial charge on any atom is 0.308 e. The van der Waals surface area contributed by atoms with Gasteiger partial charge in [-0.2, -0.15) is 0 Å². The molecular weight excluding hydrogens is 390 g/mol. The second-order valence-corrected chi connectivity index (χ2v) is 6.05. The molecule has 2 N–H and O–H groups in total. The number of hydrogen-bond acceptors (Lipinski definition) is 11. The quantitative estimate of drug-likeness (QED) is 0.226. The second kappa shape index (κ2) is 9.37.